The van der Waals surface area contributed by atoms with Crippen molar-refractivity contribution in [2.75, 3.05) is 11.4 Å². The minimum Gasteiger partial charge on any atom is -0.486 e. The second-order valence-corrected chi connectivity index (χ2v) is 6.33. The number of carbonyl (C=O) groups excluding carboxylic acids is 1. The van der Waals surface area contributed by atoms with Gasteiger partial charge >= 0.3 is 0 Å². The zero-order chi connectivity index (χ0) is 19.2. The largest absolute Gasteiger partial charge is 0.486 e. The van der Waals surface area contributed by atoms with Crippen LogP contribution in [0, 0.1) is 0 Å². The van der Waals surface area contributed by atoms with Crippen molar-refractivity contribution in [1.82, 2.24) is 20.2 Å². The maximum atomic E-state index is 12.8. The molecule has 0 atom stereocenters. The van der Waals surface area contributed by atoms with Crippen LogP contribution in [0.25, 0.3) is 0 Å². The van der Waals surface area contributed by atoms with Crippen molar-refractivity contribution in [3.05, 3.63) is 66.0 Å². The highest BCUT2D eigenvalue weighted by Gasteiger charge is 2.16. The van der Waals surface area contributed by atoms with Gasteiger partial charge in [0.25, 0.3) is 5.91 Å². The van der Waals surface area contributed by atoms with Crippen LogP contribution in [0.15, 0.2) is 54.6 Å². The van der Waals surface area contributed by atoms with Crippen molar-refractivity contribution in [3.63, 3.8) is 0 Å². The Morgan fingerprint density at radius 1 is 1.11 bits per heavy atom. The van der Waals surface area contributed by atoms with Crippen molar-refractivity contribution < 1.29 is 9.53 Å². The normalized spacial score (nSPS) is 10.8. The van der Waals surface area contributed by atoms with Crippen LogP contribution >= 0.6 is 0 Å². The molecule has 0 fully saturated rings. The number of aromatic nitrogens is 4. The van der Waals surface area contributed by atoms with Gasteiger partial charge in [-0.3, -0.25) is 4.79 Å². The summed E-state index contributed by atoms with van der Waals surface area (Å²) in [6.07, 6.45) is 0. The van der Waals surface area contributed by atoms with Gasteiger partial charge in [-0.15, -0.1) is 5.10 Å². The van der Waals surface area contributed by atoms with E-state index in [2.05, 4.69) is 15.5 Å². The van der Waals surface area contributed by atoms with Gasteiger partial charge in [-0.2, -0.15) is 0 Å². The summed E-state index contributed by atoms with van der Waals surface area (Å²) in [5, 5.41) is 11.6. The third-order valence-electron chi connectivity index (χ3n) is 4.15. The maximum Gasteiger partial charge on any atom is 0.258 e. The Morgan fingerprint density at radius 2 is 1.81 bits per heavy atom. The van der Waals surface area contributed by atoms with E-state index in [9.17, 15) is 4.79 Å². The van der Waals surface area contributed by atoms with E-state index in [1.807, 2.05) is 51.1 Å². The van der Waals surface area contributed by atoms with Crippen molar-refractivity contribution in [1.29, 1.82) is 0 Å². The van der Waals surface area contributed by atoms with Gasteiger partial charge in [-0.05, 0) is 67.6 Å². The molecule has 27 heavy (non-hydrogen) atoms. The zero-order valence-electron chi connectivity index (χ0n) is 15.7. The van der Waals surface area contributed by atoms with Gasteiger partial charge in [0.1, 0.15) is 12.4 Å². The van der Waals surface area contributed by atoms with Gasteiger partial charge in [0.2, 0.25) is 0 Å². The molecule has 3 aromatic rings. The molecule has 0 saturated heterocycles. The molecule has 0 N–H and O–H groups in total. The summed E-state index contributed by atoms with van der Waals surface area (Å²) in [5.74, 6) is 1.28. The number of anilines is 1. The van der Waals surface area contributed by atoms with Crippen molar-refractivity contribution in [3.8, 4) is 5.75 Å². The maximum absolute atomic E-state index is 12.8. The molecule has 1 aromatic heterocycles. The molecule has 0 bridgehead atoms. The first-order chi connectivity index (χ1) is 13.1. The highest BCUT2D eigenvalue weighted by Crippen LogP contribution is 2.19. The van der Waals surface area contributed by atoms with Crippen LogP contribution in [0.2, 0.25) is 0 Å². The average Bonchev–Trinajstić information content (AvgIpc) is 3.17. The van der Waals surface area contributed by atoms with Crippen molar-refractivity contribution in [2.45, 2.75) is 33.4 Å². The molecule has 3 rings (SSSR count). The van der Waals surface area contributed by atoms with Crippen LogP contribution in [0.5, 0.6) is 5.75 Å². The van der Waals surface area contributed by atoms with Crippen LogP contribution in [0.4, 0.5) is 5.69 Å². The molecular weight excluding hydrogens is 342 g/mol. The van der Waals surface area contributed by atoms with Crippen LogP contribution in [0.1, 0.15) is 43.0 Å². The fourth-order valence-corrected chi connectivity index (χ4v) is 2.76. The Morgan fingerprint density at radius 3 is 2.44 bits per heavy atom. The number of ether oxygens (including phenoxy) is 1. The van der Waals surface area contributed by atoms with Gasteiger partial charge in [0.15, 0.2) is 5.82 Å². The third kappa shape index (κ3) is 4.31. The predicted molar refractivity (Wildman–Crippen MR) is 103 cm³/mol. The number of nitrogens with zero attached hydrogens (tertiary/aromatic N) is 5. The fourth-order valence-electron chi connectivity index (χ4n) is 2.76. The van der Waals surface area contributed by atoms with E-state index in [0.29, 0.717) is 23.7 Å². The average molecular weight is 365 g/mol. The Hall–Kier alpha value is -3.22. The lowest BCUT2D eigenvalue weighted by Crippen LogP contribution is -2.30. The van der Waals surface area contributed by atoms with E-state index < -0.39 is 0 Å². The summed E-state index contributed by atoms with van der Waals surface area (Å²) in [5.41, 5.74) is 1.49. The van der Waals surface area contributed by atoms with Gasteiger partial charge in [-0.25, -0.2) is 4.68 Å². The van der Waals surface area contributed by atoms with Gasteiger partial charge in [0, 0.05) is 17.8 Å². The number of para-hydroxylation sites is 1. The lowest BCUT2D eigenvalue weighted by atomic mass is 10.1. The molecule has 0 radical (unpaired) electrons. The first-order valence-corrected chi connectivity index (χ1v) is 8.96. The van der Waals surface area contributed by atoms with Gasteiger partial charge in [-0.1, -0.05) is 18.2 Å². The molecule has 0 aliphatic heterocycles. The quantitative estimate of drug-likeness (QED) is 0.641. The topological polar surface area (TPSA) is 73.1 Å². The minimum atomic E-state index is -0.0426. The number of benzene rings is 2. The lowest BCUT2D eigenvalue weighted by molar-refractivity contribution is 0.0988. The number of hydrogen-bond acceptors (Lipinski definition) is 5. The van der Waals surface area contributed by atoms with E-state index in [1.165, 1.54) is 0 Å². The molecule has 1 amide bonds. The first kappa shape index (κ1) is 18.6. The Balaban J connectivity index is 1.67. The molecule has 0 spiro atoms. The minimum absolute atomic E-state index is 0.0426. The molecule has 0 aliphatic rings. The monoisotopic (exact) mass is 365 g/mol. The number of amides is 1. The SMILES string of the molecule is CCN(C(=O)c1ccc(OCc2nnnn2C(C)C)cc1)c1ccccc1. The van der Waals surface area contributed by atoms with E-state index in [4.69, 9.17) is 4.74 Å². The standard InChI is InChI=1S/C20H23N5O2/c1-4-24(17-8-6-5-7-9-17)20(26)16-10-12-18(13-11-16)27-14-19-21-22-23-25(19)15(2)3/h5-13,15H,4,14H2,1-3H3. The van der Waals surface area contributed by atoms with Crippen LogP contribution in [0.3, 0.4) is 0 Å². The highest BCUT2D eigenvalue weighted by molar-refractivity contribution is 6.06. The first-order valence-electron chi connectivity index (χ1n) is 8.96. The molecule has 1 heterocycles. The second-order valence-electron chi connectivity index (χ2n) is 6.33. The van der Waals surface area contributed by atoms with Crippen molar-refractivity contribution >= 4 is 11.6 Å². The van der Waals surface area contributed by atoms with E-state index >= 15 is 0 Å². The second kappa shape index (κ2) is 8.44. The summed E-state index contributed by atoms with van der Waals surface area (Å²) >= 11 is 0. The van der Waals surface area contributed by atoms with Crippen LogP contribution in [-0.4, -0.2) is 32.7 Å². The van der Waals surface area contributed by atoms with Gasteiger partial charge in [0.05, 0.1) is 6.04 Å². The number of tetrazole rings is 1. The fraction of sp³-hybridized carbons (Fsp3) is 0.300. The number of carbonyl (C=O) groups is 1. The number of hydrogen-bond donors (Lipinski definition) is 0. The molecule has 0 aliphatic carbocycles. The van der Waals surface area contributed by atoms with Gasteiger partial charge < -0.3 is 9.64 Å². The lowest BCUT2D eigenvalue weighted by Gasteiger charge is -2.21. The Labute approximate surface area is 158 Å². The van der Waals surface area contributed by atoms with Crippen LogP contribution < -0.4 is 9.64 Å². The van der Waals surface area contributed by atoms with E-state index in [1.54, 1.807) is 33.8 Å². The molecular formula is C20H23N5O2. The predicted octanol–water partition coefficient (Wildman–Crippen LogP) is 3.50. The zero-order valence-corrected chi connectivity index (χ0v) is 15.7. The third-order valence-corrected chi connectivity index (χ3v) is 4.15. The number of rotatable bonds is 7. The molecule has 0 unspecified atom stereocenters. The molecule has 140 valence electrons. The summed E-state index contributed by atoms with van der Waals surface area (Å²) < 4.78 is 7.48. The molecule has 0 saturated carbocycles. The van der Waals surface area contributed by atoms with E-state index in [0.717, 1.165) is 5.69 Å². The molecule has 7 nitrogen and oxygen atoms in total. The summed E-state index contributed by atoms with van der Waals surface area (Å²) in [7, 11) is 0. The molecule has 7 heteroatoms. The summed E-state index contributed by atoms with van der Waals surface area (Å²) in [4.78, 5) is 14.5. The van der Waals surface area contributed by atoms with Crippen LogP contribution in [-0.2, 0) is 6.61 Å². The summed E-state index contributed by atoms with van der Waals surface area (Å²) in [6, 6.07) is 16.9. The summed E-state index contributed by atoms with van der Waals surface area (Å²) in [6.45, 7) is 6.84. The van der Waals surface area contributed by atoms with Crippen molar-refractivity contribution in [2.24, 2.45) is 0 Å². The highest BCUT2D eigenvalue weighted by atomic mass is 16.5. The smallest absolute Gasteiger partial charge is 0.258 e. The molecule has 2 aromatic carbocycles. The van der Waals surface area contributed by atoms with E-state index in [-0.39, 0.29) is 18.6 Å². The Kier molecular flexibility index (Phi) is 5.80. The Bertz CT molecular complexity index is 875.